The molecular formula is C12H15NO4S. The largest absolute Gasteiger partial charge is 0.468 e. The summed E-state index contributed by atoms with van der Waals surface area (Å²) in [6.07, 6.45) is 0. The van der Waals surface area contributed by atoms with Crippen LogP contribution in [0.3, 0.4) is 0 Å². The SMILES string of the molecule is COC(=O)CSCC(=O)Nc1ccc(CO)cc1. The molecule has 1 aromatic carbocycles. The Bertz CT molecular complexity index is 405. The normalized spacial score (nSPS) is 9.89. The van der Waals surface area contributed by atoms with Gasteiger partial charge in [0, 0.05) is 5.69 Å². The van der Waals surface area contributed by atoms with Gasteiger partial charge in [-0.05, 0) is 17.7 Å². The van der Waals surface area contributed by atoms with E-state index in [1.807, 2.05) is 0 Å². The number of amides is 1. The number of methoxy groups -OCH3 is 1. The van der Waals surface area contributed by atoms with Crippen molar-refractivity contribution >= 4 is 29.3 Å². The van der Waals surface area contributed by atoms with Crippen LogP contribution < -0.4 is 5.32 Å². The molecule has 18 heavy (non-hydrogen) atoms. The van der Waals surface area contributed by atoms with E-state index in [4.69, 9.17) is 5.11 Å². The van der Waals surface area contributed by atoms with Crippen LogP contribution in [-0.2, 0) is 20.9 Å². The summed E-state index contributed by atoms with van der Waals surface area (Å²) in [4.78, 5) is 22.3. The molecule has 0 bridgehead atoms. The minimum atomic E-state index is -0.347. The van der Waals surface area contributed by atoms with Gasteiger partial charge in [-0.15, -0.1) is 11.8 Å². The van der Waals surface area contributed by atoms with E-state index in [0.717, 1.165) is 5.56 Å². The van der Waals surface area contributed by atoms with Crippen molar-refractivity contribution in [2.45, 2.75) is 6.61 Å². The number of benzene rings is 1. The minimum absolute atomic E-state index is 0.0246. The third-order valence-corrected chi connectivity index (χ3v) is 3.01. The lowest BCUT2D eigenvalue weighted by Gasteiger charge is -2.05. The van der Waals surface area contributed by atoms with E-state index in [1.54, 1.807) is 24.3 Å². The van der Waals surface area contributed by atoms with Crippen molar-refractivity contribution in [1.82, 2.24) is 0 Å². The number of hydrogen-bond donors (Lipinski definition) is 2. The minimum Gasteiger partial charge on any atom is -0.468 e. The summed E-state index contributed by atoms with van der Waals surface area (Å²) < 4.78 is 4.46. The number of hydrogen-bond acceptors (Lipinski definition) is 5. The molecule has 5 nitrogen and oxygen atoms in total. The van der Waals surface area contributed by atoms with Gasteiger partial charge in [0.2, 0.25) is 5.91 Å². The van der Waals surface area contributed by atoms with E-state index in [-0.39, 0.29) is 30.0 Å². The molecule has 0 heterocycles. The zero-order chi connectivity index (χ0) is 13.4. The smallest absolute Gasteiger partial charge is 0.315 e. The molecule has 0 radical (unpaired) electrons. The predicted octanol–water partition coefficient (Wildman–Crippen LogP) is 1.02. The Morgan fingerprint density at radius 3 is 2.50 bits per heavy atom. The number of carbonyl (C=O) groups excluding carboxylic acids is 2. The zero-order valence-corrected chi connectivity index (χ0v) is 10.8. The second kappa shape index (κ2) is 7.73. The third-order valence-electron chi connectivity index (χ3n) is 2.10. The van der Waals surface area contributed by atoms with Crippen molar-refractivity contribution < 1.29 is 19.4 Å². The summed E-state index contributed by atoms with van der Waals surface area (Å²) in [7, 11) is 1.31. The third kappa shape index (κ3) is 5.20. The van der Waals surface area contributed by atoms with Gasteiger partial charge in [0.1, 0.15) is 0 Å². The van der Waals surface area contributed by atoms with Gasteiger partial charge >= 0.3 is 5.97 Å². The van der Waals surface area contributed by atoms with Crippen molar-refractivity contribution in [3.05, 3.63) is 29.8 Å². The van der Waals surface area contributed by atoms with Gasteiger partial charge < -0.3 is 15.2 Å². The molecule has 0 aliphatic heterocycles. The predicted molar refractivity (Wildman–Crippen MR) is 70.3 cm³/mol. The summed E-state index contributed by atoms with van der Waals surface area (Å²) >= 11 is 1.19. The number of ether oxygens (including phenoxy) is 1. The number of carbonyl (C=O) groups is 2. The van der Waals surface area contributed by atoms with Crippen molar-refractivity contribution in [2.75, 3.05) is 23.9 Å². The first kappa shape index (κ1) is 14.5. The first-order valence-electron chi connectivity index (χ1n) is 5.30. The van der Waals surface area contributed by atoms with Crippen molar-refractivity contribution in [1.29, 1.82) is 0 Å². The molecule has 0 spiro atoms. The maximum absolute atomic E-state index is 11.5. The highest BCUT2D eigenvalue weighted by molar-refractivity contribution is 8.00. The van der Waals surface area contributed by atoms with Crippen molar-refractivity contribution in [3.63, 3.8) is 0 Å². The Hall–Kier alpha value is -1.53. The molecule has 1 rings (SSSR count). The van der Waals surface area contributed by atoms with Gasteiger partial charge in [-0.25, -0.2) is 0 Å². The average molecular weight is 269 g/mol. The van der Waals surface area contributed by atoms with E-state index < -0.39 is 0 Å². The topological polar surface area (TPSA) is 75.6 Å². The lowest BCUT2D eigenvalue weighted by molar-refractivity contribution is -0.137. The summed E-state index contributed by atoms with van der Waals surface area (Å²) in [6.45, 7) is -0.0246. The van der Waals surface area contributed by atoms with Gasteiger partial charge in [0.15, 0.2) is 0 Å². The van der Waals surface area contributed by atoms with E-state index >= 15 is 0 Å². The van der Waals surface area contributed by atoms with Gasteiger partial charge in [0.05, 0.1) is 25.2 Å². The number of esters is 1. The van der Waals surface area contributed by atoms with Crippen molar-refractivity contribution in [2.24, 2.45) is 0 Å². The highest BCUT2D eigenvalue weighted by Crippen LogP contribution is 2.10. The van der Waals surface area contributed by atoms with E-state index in [0.29, 0.717) is 5.69 Å². The summed E-state index contributed by atoms with van der Waals surface area (Å²) in [5, 5.41) is 11.6. The number of nitrogens with one attached hydrogen (secondary N) is 1. The standard InChI is InChI=1S/C12H15NO4S/c1-17-12(16)8-18-7-11(15)13-10-4-2-9(6-14)3-5-10/h2-5,14H,6-8H2,1H3,(H,13,15). The molecule has 0 aliphatic carbocycles. The highest BCUT2D eigenvalue weighted by atomic mass is 32.2. The molecule has 6 heteroatoms. The lowest BCUT2D eigenvalue weighted by Crippen LogP contribution is -2.15. The Morgan fingerprint density at radius 2 is 1.94 bits per heavy atom. The molecule has 0 aromatic heterocycles. The quantitative estimate of drug-likeness (QED) is 0.754. The van der Waals surface area contributed by atoms with Crippen LogP contribution in [0.5, 0.6) is 0 Å². The second-order valence-corrected chi connectivity index (χ2v) is 4.46. The van der Waals surface area contributed by atoms with Gasteiger partial charge in [-0.2, -0.15) is 0 Å². The fourth-order valence-corrected chi connectivity index (χ4v) is 1.82. The molecule has 2 N–H and O–H groups in total. The average Bonchev–Trinajstić information content (AvgIpc) is 2.39. The Morgan fingerprint density at radius 1 is 1.28 bits per heavy atom. The molecule has 0 fully saturated rings. The maximum Gasteiger partial charge on any atom is 0.315 e. The van der Waals surface area contributed by atoms with E-state index in [2.05, 4.69) is 10.1 Å². The van der Waals surface area contributed by atoms with Gasteiger partial charge in [0.25, 0.3) is 0 Å². The zero-order valence-electron chi connectivity index (χ0n) is 10.0. The van der Waals surface area contributed by atoms with Crippen LogP contribution in [0.1, 0.15) is 5.56 Å². The van der Waals surface area contributed by atoms with Gasteiger partial charge in [-0.1, -0.05) is 12.1 Å². The monoisotopic (exact) mass is 269 g/mol. The van der Waals surface area contributed by atoms with Crippen molar-refractivity contribution in [3.8, 4) is 0 Å². The van der Waals surface area contributed by atoms with Crippen LogP contribution in [0, 0.1) is 0 Å². The Labute approximate surface area is 110 Å². The molecule has 0 unspecified atom stereocenters. The fraction of sp³-hybridized carbons (Fsp3) is 0.333. The van der Waals surface area contributed by atoms with E-state index in [9.17, 15) is 9.59 Å². The molecule has 1 amide bonds. The van der Waals surface area contributed by atoms with Crippen LogP contribution in [-0.4, -0.2) is 35.6 Å². The van der Waals surface area contributed by atoms with Crippen LogP contribution in [0.2, 0.25) is 0 Å². The Balaban J connectivity index is 2.32. The summed E-state index contributed by atoms with van der Waals surface area (Å²) in [5.41, 5.74) is 1.45. The van der Waals surface area contributed by atoms with E-state index in [1.165, 1.54) is 18.9 Å². The first-order valence-corrected chi connectivity index (χ1v) is 6.45. The van der Waals surface area contributed by atoms with Crippen LogP contribution in [0.4, 0.5) is 5.69 Å². The highest BCUT2D eigenvalue weighted by Gasteiger charge is 2.05. The van der Waals surface area contributed by atoms with Crippen LogP contribution in [0.25, 0.3) is 0 Å². The number of aliphatic hydroxyl groups excluding tert-OH is 1. The Kier molecular flexibility index (Phi) is 6.24. The second-order valence-electron chi connectivity index (χ2n) is 3.47. The number of rotatable bonds is 6. The number of aliphatic hydroxyl groups is 1. The van der Waals surface area contributed by atoms with Crippen LogP contribution >= 0.6 is 11.8 Å². The van der Waals surface area contributed by atoms with Crippen LogP contribution in [0.15, 0.2) is 24.3 Å². The molecule has 98 valence electrons. The lowest BCUT2D eigenvalue weighted by atomic mass is 10.2. The van der Waals surface area contributed by atoms with Gasteiger partial charge in [-0.3, -0.25) is 9.59 Å². The molecule has 0 saturated carbocycles. The number of anilines is 1. The fourth-order valence-electron chi connectivity index (χ4n) is 1.18. The molecule has 0 aliphatic rings. The molecular weight excluding hydrogens is 254 g/mol. The molecule has 0 saturated heterocycles. The summed E-state index contributed by atoms with van der Waals surface area (Å²) in [5.74, 6) is -0.176. The number of thioether (sulfide) groups is 1. The molecule has 0 atom stereocenters. The first-order chi connectivity index (χ1) is 8.65. The maximum atomic E-state index is 11.5. The summed E-state index contributed by atoms with van der Waals surface area (Å²) in [6, 6.07) is 6.90. The molecule has 1 aromatic rings.